The van der Waals surface area contributed by atoms with Crippen LogP contribution in [0.1, 0.15) is 19.8 Å². The van der Waals surface area contributed by atoms with Gasteiger partial charge in [-0.2, -0.15) is 0 Å². The van der Waals surface area contributed by atoms with Crippen molar-refractivity contribution < 1.29 is 4.39 Å². The maximum Gasteiger partial charge on any atom is 0.164 e. The molecule has 1 saturated carbocycles. The molecule has 1 fully saturated rings. The molecule has 0 aliphatic heterocycles. The third kappa shape index (κ3) is 1.40. The van der Waals surface area contributed by atoms with Crippen molar-refractivity contribution >= 4 is 5.69 Å². The second-order valence-corrected chi connectivity index (χ2v) is 3.54. The van der Waals surface area contributed by atoms with Gasteiger partial charge in [0, 0.05) is 11.7 Å². The summed E-state index contributed by atoms with van der Waals surface area (Å²) >= 11 is 0. The summed E-state index contributed by atoms with van der Waals surface area (Å²) in [5.74, 6) is -0.273. The molecular weight excluding hydrogens is 155 g/mol. The Morgan fingerprint density at radius 3 is 2.92 bits per heavy atom. The fourth-order valence-corrected chi connectivity index (χ4v) is 1.11. The van der Waals surface area contributed by atoms with E-state index in [2.05, 4.69) is 17.2 Å². The van der Waals surface area contributed by atoms with Gasteiger partial charge in [-0.25, -0.2) is 4.39 Å². The van der Waals surface area contributed by atoms with E-state index in [-0.39, 0.29) is 11.4 Å². The standard InChI is InChI=1S/C9H11FN2/c1-9(3-4-9)12-8-2-5-11-6-7(8)10/h2,5-6H,3-4H2,1H3,(H,11,12). The molecule has 64 valence electrons. The maximum absolute atomic E-state index is 13.0. The Kier molecular flexibility index (Phi) is 1.53. The fraction of sp³-hybridized carbons (Fsp3) is 0.444. The molecule has 2 rings (SSSR count). The van der Waals surface area contributed by atoms with Crippen LogP contribution in [0.25, 0.3) is 0 Å². The predicted molar refractivity (Wildman–Crippen MR) is 45.5 cm³/mol. The lowest BCUT2D eigenvalue weighted by Gasteiger charge is -2.12. The van der Waals surface area contributed by atoms with Gasteiger partial charge < -0.3 is 5.32 Å². The van der Waals surface area contributed by atoms with E-state index in [1.165, 1.54) is 6.20 Å². The van der Waals surface area contributed by atoms with E-state index in [0.717, 1.165) is 12.8 Å². The zero-order valence-electron chi connectivity index (χ0n) is 6.97. The minimum Gasteiger partial charge on any atom is -0.377 e. The Hall–Kier alpha value is -1.12. The quantitative estimate of drug-likeness (QED) is 0.728. The third-order valence-corrected chi connectivity index (χ3v) is 2.21. The van der Waals surface area contributed by atoms with E-state index >= 15 is 0 Å². The number of anilines is 1. The molecule has 0 atom stereocenters. The Labute approximate surface area is 70.8 Å². The molecule has 3 heteroatoms. The van der Waals surface area contributed by atoms with Crippen molar-refractivity contribution in [3.8, 4) is 0 Å². The average Bonchev–Trinajstić information content (AvgIpc) is 2.74. The highest BCUT2D eigenvalue weighted by Gasteiger charge is 2.37. The van der Waals surface area contributed by atoms with Crippen LogP contribution >= 0.6 is 0 Å². The van der Waals surface area contributed by atoms with Crippen LogP contribution in [0.15, 0.2) is 18.5 Å². The molecule has 1 N–H and O–H groups in total. The van der Waals surface area contributed by atoms with Gasteiger partial charge in [-0.05, 0) is 25.8 Å². The Balaban J connectivity index is 2.17. The minimum absolute atomic E-state index is 0.127. The number of hydrogen-bond donors (Lipinski definition) is 1. The Morgan fingerprint density at radius 1 is 1.58 bits per heavy atom. The van der Waals surface area contributed by atoms with Crippen molar-refractivity contribution in [3.63, 3.8) is 0 Å². The molecule has 0 radical (unpaired) electrons. The number of pyridine rings is 1. The van der Waals surface area contributed by atoms with Gasteiger partial charge in [0.2, 0.25) is 0 Å². The first kappa shape index (κ1) is 7.53. The third-order valence-electron chi connectivity index (χ3n) is 2.21. The molecule has 1 aromatic heterocycles. The van der Waals surface area contributed by atoms with Crippen LogP contribution < -0.4 is 5.32 Å². The number of nitrogens with zero attached hydrogens (tertiary/aromatic N) is 1. The van der Waals surface area contributed by atoms with E-state index in [4.69, 9.17) is 0 Å². The van der Waals surface area contributed by atoms with Gasteiger partial charge in [-0.1, -0.05) is 0 Å². The van der Waals surface area contributed by atoms with Crippen molar-refractivity contribution in [1.82, 2.24) is 4.98 Å². The number of nitrogens with one attached hydrogen (secondary N) is 1. The van der Waals surface area contributed by atoms with E-state index in [9.17, 15) is 4.39 Å². The van der Waals surface area contributed by atoms with E-state index in [1.54, 1.807) is 12.3 Å². The van der Waals surface area contributed by atoms with Crippen molar-refractivity contribution in [2.75, 3.05) is 5.32 Å². The van der Waals surface area contributed by atoms with Crippen molar-refractivity contribution in [1.29, 1.82) is 0 Å². The van der Waals surface area contributed by atoms with Gasteiger partial charge in [0.1, 0.15) is 0 Å². The van der Waals surface area contributed by atoms with Gasteiger partial charge in [0.25, 0.3) is 0 Å². The molecule has 0 unspecified atom stereocenters. The zero-order chi connectivity index (χ0) is 8.60. The Morgan fingerprint density at radius 2 is 2.33 bits per heavy atom. The number of rotatable bonds is 2. The summed E-state index contributed by atoms with van der Waals surface area (Å²) in [7, 11) is 0. The number of hydrogen-bond acceptors (Lipinski definition) is 2. The summed E-state index contributed by atoms with van der Waals surface area (Å²) in [6.07, 6.45) is 5.06. The van der Waals surface area contributed by atoms with Crippen LogP contribution in [0.5, 0.6) is 0 Å². The largest absolute Gasteiger partial charge is 0.377 e. The lowest BCUT2D eigenvalue weighted by atomic mass is 10.3. The van der Waals surface area contributed by atoms with Gasteiger partial charge in [-0.3, -0.25) is 4.98 Å². The maximum atomic E-state index is 13.0. The molecular formula is C9H11FN2. The molecule has 0 saturated heterocycles. The van der Waals surface area contributed by atoms with Crippen LogP contribution in [0.3, 0.4) is 0 Å². The van der Waals surface area contributed by atoms with Crippen LogP contribution in [0.2, 0.25) is 0 Å². The topological polar surface area (TPSA) is 24.9 Å². The SMILES string of the molecule is CC1(Nc2ccncc2F)CC1. The molecule has 0 bridgehead atoms. The summed E-state index contributed by atoms with van der Waals surface area (Å²) in [6.45, 7) is 2.09. The lowest BCUT2D eigenvalue weighted by Crippen LogP contribution is -2.16. The summed E-state index contributed by atoms with van der Waals surface area (Å²) in [4.78, 5) is 3.68. The van der Waals surface area contributed by atoms with E-state index in [1.807, 2.05) is 0 Å². The highest BCUT2D eigenvalue weighted by molar-refractivity contribution is 5.46. The summed E-state index contributed by atoms with van der Waals surface area (Å²) < 4.78 is 13.0. The van der Waals surface area contributed by atoms with Gasteiger partial charge >= 0.3 is 0 Å². The number of aromatic nitrogens is 1. The van der Waals surface area contributed by atoms with Crippen molar-refractivity contribution in [2.24, 2.45) is 0 Å². The minimum atomic E-state index is -0.273. The highest BCUT2D eigenvalue weighted by Crippen LogP contribution is 2.38. The van der Waals surface area contributed by atoms with E-state index < -0.39 is 0 Å². The van der Waals surface area contributed by atoms with Gasteiger partial charge in [-0.15, -0.1) is 0 Å². The first-order valence-electron chi connectivity index (χ1n) is 4.07. The van der Waals surface area contributed by atoms with E-state index in [0.29, 0.717) is 5.69 Å². The first-order valence-corrected chi connectivity index (χ1v) is 4.07. The molecule has 12 heavy (non-hydrogen) atoms. The molecule has 1 heterocycles. The summed E-state index contributed by atoms with van der Waals surface area (Å²) in [5.41, 5.74) is 0.687. The first-order chi connectivity index (χ1) is 5.70. The molecule has 1 aliphatic carbocycles. The second-order valence-electron chi connectivity index (χ2n) is 3.54. The van der Waals surface area contributed by atoms with Crippen molar-refractivity contribution in [3.05, 3.63) is 24.3 Å². The number of halogens is 1. The highest BCUT2D eigenvalue weighted by atomic mass is 19.1. The monoisotopic (exact) mass is 166 g/mol. The lowest BCUT2D eigenvalue weighted by molar-refractivity contribution is 0.619. The smallest absolute Gasteiger partial charge is 0.164 e. The summed E-state index contributed by atoms with van der Waals surface area (Å²) in [5, 5.41) is 3.15. The van der Waals surface area contributed by atoms with Crippen molar-refractivity contribution in [2.45, 2.75) is 25.3 Å². The van der Waals surface area contributed by atoms with Crippen LogP contribution in [-0.4, -0.2) is 10.5 Å². The molecule has 2 nitrogen and oxygen atoms in total. The molecule has 0 spiro atoms. The van der Waals surface area contributed by atoms with Gasteiger partial charge in [0.15, 0.2) is 5.82 Å². The average molecular weight is 166 g/mol. The molecule has 1 aliphatic rings. The Bertz CT molecular complexity index is 294. The predicted octanol–water partition coefficient (Wildman–Crippen LogP) is 2.19. The fourth-order valence-electron chi connectivity index (χ4n) is 1.11. The van der Waals surface area contributed by atoms with Crippen LogP contribution in [0, 0.1) is 5.82 Å². The molecule has 0 aromatic carbocycles. The zero-order valence-corrected chi connectivity index (χ0v) is 6.97. The second kappa shape index (κ2) is 2.44. The van der Waals surface area contributed by atoms with Gasteiger partial charge in [0.05, 0.1) is 11.9 Å². The van der Waals surface area contributed by atoms with Crippen LogP contribution in [-0.2, 0) is 0 Å². The molecule has 0 amide bonds. The summed E-state index contributed by atoms with van der Waals surface area (Å²) in [6, 6.07) is 1.67. The van der Waals surface area contributed by atoms with Crippen LogP contribution in [0.4, 0.5) is 10.1 Å². The molecule has 1 aromatic rings. The normalized spacial score (nSPS) is 18.8.